The number of methoxy groups -OCH3 is 1. The van der Waals surface area contributed by atoms with E-state index in [-0.39, 0.29) is 5.91 Å². The van der Waals surface area contributed by atoms with E-state index in [0.29, 0.717) is 37.0 Å². The molecule has 2 aromatic heterocycles. The molecule has 1 amide bonds. The molecular formula is C33H30N6O3. The summed E-state index contributed by atoms with van der Waals surface area (Å²) in [6.45, 7) is 1.49. The second-order valence-corrected chi connectivity index (χ2v) is 9.76. The third kappa shape index (κ3) is 5.92. The number of hydrogen-bond donors (Lipinski definition) is 3. The molecule has 6 aromatic rings. The van der Waals surface area contributed by atoms with E-state index in [1.807, 2.05) is 66.7 Å². The highest BCUT2D eigenvalue weighted by Crippen LogP contribution is 2.29. The second kappa shape index (κ2) is 12.1. The van der Waals surface area contributed by atoms with Crippen molar-refractivity contribution in [2.45, 2.75) is 6.54 Å². The standard InChI is InChI=1S/C33H30N6O3/c1-41-16-17-42-30-13-8-24-18-26(7-6-25(24)19-30)31-20-29-14-15-35-39(29)33(38-31)37-28-11-9-27(10-12-28)36-32(40)23-4-2-22(21-34)3-5-23/h2-15,18-20H,16-17,21,34H2,1H3,(H,36,40)(H,37,38). The van der Waals surface area contributed by atoms with Gasteiger partial charge >= 0.3 is 0 Å². The summed E-state index contributed by atoms with van der Waals surface area (Å²) in [5.74, 6) is 1.20. The van der Waals surface area contributed by atoms with Crippen LogP contribution in [0.1, 0.15) is 15.9 Å². The van der Waals surface area contributed by atoms with Crippen LogP contribution in [0.3, 0.4) is 0 Å². The number of amides is 1. The van der Waals surface area contributed by atoms with Crippen LogP contribution in [0.2, 0.25) is 0 Å². The lowest BCUT2D eigenvalue weighted by Gasteiger charge is -2.12. The van der Waals surface area contributed by atoms with Crippen molar-refractivity contribution < 1.29 is 14.3 Å². The van der Waals surface area contributed by atoms with Gasteiger partial charge in [0.1, 0.15) is 12.4 Å². The van der Waals surface area contributed by atoms with Gasteiger partial charge in [0.15, 0.2) is 0 Å². The largest absolute Gasteiger partial charge is 0.491 e. The first-order valence-electron chi connectivity index (χ1n) is 13.6. The predicted octanol–water partition coefficient (Wildman–Crippen LogP) is 6.03. The fraction of sp³-hybridized carbons (Fsp3) is 0.121. The summed E-state index contributed by atoms with van der Waals surface area (Å²) in [4.78, 5) is 17.5. The number of aromatic nitrogens is 3. The SMILES string of the molecule is COCCOc1ccc2cc(-c3cc4ccnn4c(Nc4ccc(NC(=O)c5ccc(CN)cc5)cc4)n3)ccc2c1. The fourth-order valence-corrected chi connectivity index (χ4v) is 4.64. The molecule has 4 N–H and O–H groups in total. The highest BCUT2D eigenvalue weighted by Gasteiger charge is 2.11. The van der Waals surface area contributed by atoms with E-state index >= 15 is 0 Å². The number of hydrogen-bond acceptors (Lipinski definition) is 7. The van der Waals surface area contributed by atoms with Crippen LogP contribution in [0.5, 0.6) is 5.75 Å². The lowest BCUT2D eigenvalue weighted by atomic mass is 10.0. The van der Waals surface area contributed by atoms with Gasteiger partial charge in [0.25, 0.3) is 5.91 Å². The summed E-state index contributed by atoms with van der Waals surface area (Å²) >= 11 is 0. The molecule has 210 valence electrons. The Morgan fingerprint density at radius 2 is 1.62 bits per heavy atom. The minimum atomic E-state index is -0.183. The number of nitrogens with two attached hydrogens (primary N) is 1. The van der Waals surface area contributed by atoms with Crippen LogP contribution in [-0.4, -0.2) is 40.8 Å². The first-order valence-corrected chi connectivity index (χ1v) is 13.6. The second-order valence-electron chi connectivity index (χ2n) is 9.76. The van der Waals surface area contributed by atoms with Crippen LogP contribution in [0.25, 0.3) is 27.5 Å². The van der Waals surface area contributed by atoms with Crippen molar-refractivity contribution in [3.05, 3.63) is 114 Å². The number of nitrogens with zero attached hydrogens (tertiary/aromatic N) is 3. The van der Waals surface area contributed by atoms with E-state index in [2.05, 4.69) is 33.9 Å². The molecule has 0 aliphatic carbocycles. The monoisotopic (exact) mass is 558 g/mol. The molecule has 0 aliphatic rings. The summed E-state index contributed by atoms with van der Waals surface area (Å²) in [6, 6.07) is 31.0. The molecule has 0 fully saturated rings. The lowest BCUT2D eigenvalue weighted by Crippen LogP contribution is -2.12. The van der Waals surface area contributed by atoms with Gasteiger partial charge in [-0.25, -0.2) is 9.50 Å². The first-order chi connectivity index (χ1) is 20.6. The number of carbonyl (C=O) groups is 1. The van der Waals surface area contributed by atoms with Crippen LogP contribution in [0.4, 0.5) is 17.3 Å². The van der Waals surface area contributed by atoms with E-state index in [1.54, 1.807) is 30.0 Å². The van der Waals surface area contributed by atoms with Crippen molar-refractivity contribution in [2.75, 3.05) is 31.0 Å². The van der Waals surface area contributed by atoms with Gasteiger partial charge in [0, 0.05) is 36.2 Å². The first kappa shape index (κ1) is 26.9. The topological polar surface area (TPSA) is 116 Å². The van der Waals surface area contributed by atoms with Gasteiger partial charge in [-0.1, -0.05) is 30.3 Å². The van der Waals surface area contributed by atoms with E-state index in [1.165, 1.54) is 0 Å². The van der Waals surface area contributed by atoms with E-state index in [0.717, 1.165) is 44.5 Å². The highest BCUT2D eigenvalue weighted by atomic mass is 16.5. The zero-order chi connectivity index (χ0) is 28.9. The molecular weight excluding hydrogens is 528 g/mol. The summed E-state index contributed by atoms with van der Waals surface area (Å²) in [5.41, 5.74) is 11.4. The molecule has 4 aromatic carbocycles. The molecule has 0 unspecified atom stereocenters. The molecule has 0 aliphatic heterocycles. The Morgan fingerprint density at radius 3 is 2.40 bits per heavy atom. The normalized spacial score (nSPS) is 11.1. The molecule has 9 heteroatoms. The van der Waals surface area contributed by atoms with Crippen LogP contribution in [-0.2, 0) is 11.3 Å². The van der Waals surface area contributed by atoms with Gasteiger partial charge in [0.05, 0.1) is 24.0 Å². The summed E-state index contributed by atoms with van der Waals surface area (Å²) < 4.78 is 12.6. The minimum Gasteiger partial charge on any atom is -0.491 e. The van der Waals surface area contributed by atoms with E-state index in [4.69, 9.17) is 20.2 Å². The quantitative estimate of drug-likeness (QED) is 0.176. The zero-order valence-electron chi connectivity index (χ0n) is 23.1. The molecule has 0 bridgehead atoms. The van der Waals surface area contributed by atoms with E-state index < -0.39 is 0 Å². The number of carbonyl (C=O) groups excluding carboxylic acids is 1. The molecule has 42 heavy (non-hydrogen) atoms. The van der Waals surface area contributed by atoms with Gasteiger partial charge in [-0.2, -0.15) is 5.10 Å². The fourth-order valence-electron chi connectivity index (χ4n) is 4.64. The molecule has 9 nitrogen and oxygen atoms in total. The summed E-state index contributed by atoms with van der Waals surface area (Å²) in [6.07, 6.45) is 1.75. The zero-order valence-corrected chi connectivity index (χ0v) is 23.1. The Hall–Kier alpha value is -5.25. The van der Waals surface area contributed by atoms with Crippen molar-refractivity contribution in [2.24, 2.45) is 5.73 Å². The predicted molar refractivity (Wildman–Crippen MR) is 165 cm³/mol. The van der Waals surface area contributed by atoms with Crippen molar-refractivity contribution >= 4 is 39.5 Å². The van der Waals surface area contributed by atoms with Crippen LogP contribution >= 0.6 is 0 Å². The maximum Gasteiger partial charge on any atom is 0.255 e. The third-order valence-electron chi connectivity index (χ3n) is 6.90. The van der Waals surface area contributed by atoms with Gasteiger partial charge in [-0.3, -0.25) is 4.79 Å². The average Bonchev–Trinajstić information content (AvgIpc) is 3.51. The minimum absolute atomic E-state index is 0.183. The number of benzene rings is 4. The van der Waals surface area contributed by atoms with Crippen molar-refractivity contribution in [1.82, 2.24) is 14.6 Å². The van der Waals surface area contributed by atoms with Gasteiger partial charge in [-0.05, 0) is 83.1 Å². The molecule has 0 atom stereocenters. The molecule has 2 heterocycles. The molecule has 6 rings (SSSR count). The van der Waals surface area contributed by atoms with Crippen molar-refractivity contribution in [1.29, 1.82) is 0 Å². The van der Waals surface area contributed by atoms with Gasteiger partial charge in [-0.15, -0.1) is 0 Å². The third-order valence-corrected chi connectivity index (χ3v) is 6.90. The van der Waals surface area contributed by atoms with E-state index in [9.17, 15) is 4.79 Å². The maximum atomic E-state index is 12.6. The Balaban J connectivity index is 1.21. The molecule has 0 saturated heterocycles. The van der Waals surface area contributed by atoms with Gasteiger partial charge < -0.3 is 25.8 Å². The van der Waals surface area contributed by atoms with Crippen molar-refractivity contribution in [3.8, 4) is 17.0 Å². The number of fused-ring (bicyclic) bond motifs is 2. The Kier molecular flexibility index (Phi) is 7.76. The lowest BCUT2D eigenvalue weighted by molar-refractivity contribution is 0.102. The molecule has 0 saturated carbocycles. The average molecular weight is 559 g/mol. The Bertz CT molecular complexity index is 1850. The van der Waals surface area contributed by atoms with Crippen LogP contribution in [0.15, 0.2) is 103 Å². The number of nitrogens with one attached hydrogen (secondary N) is 2. The number of anilines is 3. The highest BCUT2D eigenvalue weighted by molar-refractivity contribution is 6.04. The molecule has 0 radical (unpaired) electrons. The van der Waals surface area contributed by atoms with Gasteiger partial charge in [0.2, 0.25) is 5.95 Å². The van der Waals surface area contributed by atoms with Crippen LogP contribution < -0.4 is 21.1 Å². The van der Waals surface area contributed by atoms with Crippen molar-refractivity contribution in [3.63, 3.8) is 0 Å². The smallest absolute Gasteiger partial charge is 0.255 e. The molecule has 0 spiro atoms. The summed E-state index contributed by atoms with van der Waals surface area (Å²) in [7, 11) is 1.66. The Labute approximate surface area is 242 Å². The summed E-state index contributed by atoms with van der Waals surface area (Å²) in [5, 5.41) is 12.9. The Morgan fingerprint density at radius 1 is 0.857 bits per heavy atom. The van der Waals surface area contributed by atoms with Crippen LogP contribution in [0, 0.1) is 0 Å². The number of rotatable bonds is 10. The maximum absolute atomic E-state index is 12.6. The number of ether oxygens (including phenoxy) is 2.